The van der Waals surface area contributed by atoms with Gasteiger partial charge in [-0.1, -0.05) is 0 Å². The molecule has 0 unspecified atom stereocenters. The highest BCUT2D eigenvalue weighted by Gasteiger charge is 2.22. The van der Waals surface area contributed by atoms with Gasteiger partial charge in [0, 0.05) is 39.3 Å². The molecule has 0 spiro atoms. The summed E-state index contributed by atoms with van der Waals surface area (Å²) in [6.07, 6.45) is 0. The Balaban J connectivity index is 2.02. The second-order valence-electron chi connectivity index (χ2n) is 6.17. The highest BCUT2D eigenvalue weighted by molar-refractivity contribution is 7.17. The standard InChI is InChI=1S/C16H25N5O2S/c1-12-11-24-15-13(12)14(20(7-9-22)8-10-23)17-16(18-15)21-5-3-19(2)4-6-21/h11,22-23H,3-10H2,1-2H3. The maximum absolute atomic E-state index is 9.38. The van der Waals surface area contributed by atoms with Crippen LogP contribution >= 0.6 is 11.3 Å². The second-order valence-corrected chi connectivity index (χ2v) is 7.03. The van der Waals surface area contributed by atoms with E-state index in [0.717, 1.165) is 53.7 Å². The van der Waals surface area contributed by atoms with Crippen molar-refractivity contribution >= 4 is 33.3 Å². The summed E-state index contributed by atoms with van der Waals surface area (Å²) in [6, 6.07) is 0. The van der Waals surface area contributed by atoms with E-state index >= 15 is 0 Å². The maximum atomic E-state index is 9.38. The summed E-state index contributed by atoms with van der Waals surface area (Å²) in [4.78, 5) is 17.0. The lowest BCUT2D eigenvalue weighted by molar-refractivity contribution is 0.281. The van der Waals surface area contributed by atoms with Gasteiger partial charge in [-0.3, -0.25) is 0 Å². The third-order valence-electron chi connectivity index (χ3n) is 4.41. The number of aliphatic hydroxyl groups is 2. The Morgan fingerprint density at radius 3 is 2.42 bits per heavy atom. The van der Waals surface area contributed by atoms with Crippen LogP contribution in [-0.4, -0.2) is 84.6 Å². The number of fused-ring (bicyclic) bond motifs is 1. The minimum absolute atomic E-state index is 0.0263. The highest BCUT2D eigenvalue weighted by Crippen LogP contribution is 2.33. The van der Waals surface area contributed by atoms with Gasteiger partial charge in [0.25, 0.3) is 0 Å². The van der Waals surface area contributed by atoms with Crippen molar-refractivity contribution in [1.29, 1.82) is 0 Å². The van der Waals surface area contributed by atoms with Crippen molar-refractivity contribution in [2.24, 2.45) is 0 Å². The molecule has 1 saturated heterocycles. The first-order chi connectivity index (χ1) is 11.6. The van der Waals surface area contributed by atoms with Crippen molar-refractivity contribution in [1.82, 2.24) is 14.9 Å². The van der Waals surface area contributed by atoms with Crippen LogP contribution in [0.3, 0.4) is 0 Å². The zero-order chi connectivity index (χ0) is 17.1. The van der Waals surface area contributed by atoms with Crippen LogP contribution in [-0.2, 0) is 0 Å². The van der Waals surface area contributed by atoms with Gasteiger partial charge in [-0.05, 0) is 24.9 Å². The molecular formula is C16H25N5O2S. The van der Waals surface area contributed by atoms with Crippen LogP contribution in [0.25, 0.3) is 10.2 Å². The smallest absolute Gasteiger partial charge is 0.228 e. The fourth-order valence-electron chi connectivity index (χ4n) is 2.99. The van der Waals surface area contributed by atoms with Gasteiger partial charge in [0.05, 0.1) is 18.6 Å². The largest absolute Gasteiger partial charge is 0.395 e. The first-order valence-electron chi connectivity index (χ1n) is 8.30. The molecular weight excluding hydrogens is 326 g/mol. The molecule has 0 atom stereocenters. The lowest BCUT2D eigenvalue weighted by atomic mass is 10.2. The summed E-state index contributed by atoms with van der Waals surface area (Å²) in [6.45, 7) is 6.81. The lowest BCUT2D eigenvalue weighted by Crippen LogP contribution is -2.45. The molecule has 1 aliphatic heterocycles. The van der Waals surface area contributed by atoms with E-state index in [-0.39, 0.29) is 13.2 Å². The monoisotopic (exact) mass is 351 g/mol. The van der Waals surface area contributed by atoms with E-state index < -0.39 is 0 Å². The summed E-state index contributed by atoms with van der Waals surface area (Å²) in [7, 11) is 2.12. The van der Waals surface area contributed by atoms with E-state index in [1.807, 2.05) is 4.90 Å². The second kappa shape index (κ2) is 7.60. The van der Waals surface area contributed by atoms with Crippen LogP contribution in [0, 0.1) is 6.92 Å². The summed E-state index contributed by atoms with van der Waals surface area (Å²) < 4.78 is 0. The van der Waals surface area contributed by atoms with Crippen molar-refractivity contribution in [2.75, 3.05) is 69.3 Å². The number of anilines is 2. The summed E-state index contributed by atoms with van der Waals surface area (Å²) >= 11 is 1.62. The average Bonchev–Trinajstić information content (AvgIpc) is 2.96. The zero-order valence-electron chi connectivity index (χ0n) is 14.3. The van der Waals surface area contributed by atoms with Gasteiger partial charge in [-0.25, -0.2) is 4.98 Å². The van der Waals surface area contributed by atoms with Crippen molar-refractivity contribution in [2.45, 2.75) is 6.92 Å². The number of hydrogen-bond donors (Lipinski definition) is 2. The van der Waals surface area contributed by atoms with Crippen LogP contribution in [0.2, 0.25) is 0 Å². The Bertz CT molecular complexity index is 678. The predicted octanol–water partition coefficient (Wildman–Crippen LogP) is 0.543. The normalized spacial score (nSPS) is 16.1. The van der Waals surface area contributed by atoms with E-state index in [0.29, 0.717) is 13.1 Å². The summed E-state index contributed by atoms with van der Waals surface area (Å²) in [5.74, 6) is 1.56. The third kappa shape index (κ3) is 3.46. The molecule has 0 bridgehead atoms. The Morgan fingerprint density at radius 2 is 1.79 bits per heavy atom. The number of hydrogen-bond acceptors (Lipinski definition) is 8. The van der Waals surface area contributed by atoms with Crippen molar-refractivity contribution in [3.63, 3.8) is 0 Å². The zero-order valence-corrected chi connectivity index (χ0v) is 15.1. The number of rotatable bonds is 6. The van der Waals surface area contributed by atoms with Gasteiger partial charge in [0.15, 0.2) is 0 Å². The Kier molecular flexibility index (Phi) is 5.50. The van der Waals surface area contributed by atoms with Crippen molar-refractivity contribution in [3.8, 4) is 0 Å². The van der Waals surface area contributed by atoms with E-state index in [1.54, 1.807) is 11.3 Å². The van der Waals surface area contributed by atoms with Crippen molar-refractivity contribution < 1.29 is 10.2 Å². The van der Waals surface area contributed by atoms with Gasteiger partial charge in [0.2, 0.25) is 5.95 Å². The third-order valence-corrected chi connectivity index (χ3v) is 5.40. The first kappa shape index (κ1) is 17.3. The molecule has 7 nitrogen and oxygen atoms in total. The number of piperazine rings is 1. The van der Waals surface area contributed by atoms with E-state index in [1.165, 1.54) is 0 Å². The molecule has 3 rings (SSSR count). The Morgan fingerprint density at radius 1 is 1.12 bits per heavy atom. The molecule has 132 valence electrons. The SMILES string of the molecule is Cc1csc2nc(N3CCN(C)CC3)nc(N(CCO)CCO)c12. The van der Waals surface area contributed by atoms with Crippen LogP contribution in [0.1, 0.15) is 5.56 Å². The number of aryl methyl sites for hydroxylation is 1. The molecule has 2 aromatic rings. The minimum Gasteiger partial charge on any atom is -0.395 e. The number of nitrogens with zero attached hydrogens (tertiary/aromatic N) is 5. The van der Waals surface area contributed by atoms with E-state index in [4.69, 9.17) is 9.97 Å². The number of likely N-dealkylation sites (N-methyl/N-ethyl adjacent to an activating group) is 1. The van der Waals surface area contributed by atoms with Crippen molar-refractivity contribution in [3.05, 3.63) is 10.9 Å². The quantitative estimate of drug-likeness (QED) is 0.787. The fourth-order valence-corrected chi connectivity index (χ4v) is 3.90. The maximum Gasteiger partial charge on any atom is 0.228 e. The van der Waals surface area contributed by atoms with E-state index in [9.17, 15) is 10.2 Å². The molecule has 8 heteroatoms. The van der Waals surface area contributed by atoms with E-state index in [2.05, 4.69) is 29.2 Å². The Hall–Kier alpha value is -1.48. The van der Waals surface area contributed by atoms with Crippen LogP contribution in [0.5, 0.6) is 0 Å². The van der Waals surface area contributed by atoms with Crippen LogP contribution < -0.4 is 9.80 Å². The van der Waals surface area contributed by atoms with Crippen LogP contribution in [0.15, 0.2) is 5.38 Å². The van der Waals surface area contributed by atoms with Gasteiger partial charge >= 0.3 is 0 Å². The van der Waals surface area contributed by atoms with Gasteiger partial charge in [-0.2, -0.15) is 4.98 Å². The fraction of sp³-hybridized carbons (Fsp3) is 0.625. The summed E-state index contributed by atoms with van der Waals surface area (Å²) in [5, 5.41) is 21.9. The van der Waals surface area contributed by atoms with Crippen LogP contribution in [0.4, 0.5) is 11.8 Å². The Labute approximate surface area is 146 Å². The number of thiophene rings is 1. The summed E-state index contributed by atoms with van der Waals surface area (Å²) in [5.41, 5.74) is 1.14. The molecule has 0 amide bonds. The first-order valence-corrected chi connectivity index (χ1v) is 9.18. The number of aromatic nitrogens is 2. The molecule has 0 aromatic carbocycles. The van der Waals surface area contributed by atoms with Gasteiger partial charge in [-0.15, -0.1) is 11.3 Å². The number of aliphatic hydroxyl groups excluding tert-OH is 2. The minimum atomic E-state index is 0.0263. The average molecular weight is 351 g/mol. The molecule has 0 radical (unpaired) electrons. The molecule has 1 aliphatic rings. The van der Waals surface area contributed by atoms with Gasteiger partial charge in [0.1, 0.15) is 10.6 Å². The highest BCUT2D eigenvalue weighted by atomic mass is 32.1. The predicted molar refractivity (Wildman–Crippen MR) is 98.2 cm³/mol. The molecule has 1 fully saturated rings. The molecule has 24 heavy (non-hydrogen) atoms. The lowest BCUT2D eigenvalue weighted by Gasteiger charge is -2.33. The van der Waals surface area contributed by atoms with Gasteiger partial charge < -0.3 is 24.9 Å². The molecule has 3 heterocycles. The molecule has 0 saturated carbocycles. The molecule has 0 aliphatic carbocycles. The topological polar surface area (TPSA) is 76.0 Å². The molecule has 2 N–H and O–H groups in total. The molecule has 2 aromatic heterocycles.